The minimum Gasteiger partial charge on any atom is -0.439 e. The summed E-state index contributed by atoms with van der Waals surface area (Å²) in [6.07, 6.45) is 1.14. The van der Waals surface area contributed by atoms with Crippen molar-refractivity contribution in [1.82, 2.24) is 4.98 Å². The molecule has 20 heavy (non-hydrogen) atoms. The Morgan fingerprint density at radius 1 is 1.25 bits per heavy atom. The number of ether oxygens (including phenoxy) is 1. The molecule has 1 heterocycles. The van der Waals surface area contributed by atoms with Crippen molar-refractivity contribution in [2.45, 2.75) is 18.4 Å². The van der Waals surface area contributed by atoms with Gasteiger partial charge in [-0.2, -0.15) is 0 Å². The van der Waals surface area contributed by atoms with Crippen LogP contribution in [0.25, 0.3) is 0 Å². The maximum Gasteiger partial charge on any atom is 0.219 e. The lowest BCUT2D eigenvalue weighted by atomic mass is 10.2. The Morgan fingerprint density at radius 2 is 2.00 bits per heavy atom. The van der Waals surface area contributed by atoms with Gasteiger partial charge in [-0.25, -0.2) is 13.4 Å². The van der Waals surface area contributed by atoms with Crippen LogP contribution in [0.2, 0.25) is 0 Å². The van der Waals surface area contributed by atoms with Crippen molar-refractivity contribution in [1.29, 1.82) is 0 Å². The molecule has 0 bridgehead atoms. The van der Waals surface area contributed by atoms with E-state index in [-0.39, 0.29) is 11.5 Å². The lowest BCUT2D eigenvalue weighted by Crippen LogP contribution is -1.98. The molecule has 1 aromatic carbocycles. The molecule has 0 saturated heterocycles. The molecule has 0 saturated carbocycles. The van der Waals surface area contributed by atoms with Crippen LogP contribution in [0, 0.1) is 6.92 Å². The summed E-state index contributed by atoms with van der Waals surface area (Å²) >= 11 is 0. The predicted octanol–water partition coefficient (Wildman–Crippen LogP) is 2.08. The molecule has 2 aromatic rings. The molecule has 0 amide bonds. The van der Waals surface area contributed by atoms with Crippen molar-refractivity contribution in [2.75, 3.05) is 6.26 Å². The molecule has 2 rings (SSSR count). The zero-order valence-electron chi connectivity index (χ0n) is 11.2. The van der Waals surface area contributed by atoms with Gasteiger partial charge in [0.2, 0.25) is 5.88 Å². The third-order valence-electron chi connectivity index (χ3n) is 2.80. The molecule has 0 spiro atoms. The Hall–Kier alpha value is -1.92. The van der Waals surface area contributed by atoms with Crippen molar-refractivity contribution in [3.63, 3.8) is 0 Å². The number of nitrogens with zero attached hydrogens (tertiary/aromatic N) is 1. The summed E-state index contributed by atoms with van der Waals surface area (Å²) in [6, 6.07) is 9.58. The number of sulfone groups is 1. The number of aromatic nitrogens is 1. The van der Waals surface area contributed by atoms with Gasteiger partial charge in [-0.3, -0.25) is 0 Å². The van der Waals surface area contributed by atoms with Crippen LogP contribution < -0.4 is 4.74 Å². The maximum absolute atomic E-state index is 11.5. The molecule has 1 aromatic heterocycles. The summed E-state index contributed by atoms with van der Waals surface area (Å²) in [7, 11) is -3.27. The molecule has 0 aliphatic heterocycles. The highest BCUT2D eigenvalue weighted by molar-refractivity contribution is 7.90. The minimum absolute atomic E-state index is 0.0807. The van der Waals surface area contributed by atoms with Crippen LogP contribution in [-0.2, 0) is 16.4 Å². The predicted molar refractivity (Wildman–Crippen MR) is 74.5 cm³/mol. The van der Waals surface area contributed by atoms with E-state index in [2.05, 4.69) is 4.98 Å². The molecule has 0 radical (unpaired) electrons. The number of hydrogen-bond donors (Lipinski definition) is 1. The third-order valence-corrected chi connectivity index (χ3v) is 3.91. The van der Waals surface area contributed by atoms with Crippen LogP contribution >= 0.6 is 0 Å². The van der Waals surface area contributed by atoms with Crippen molar-refractivity contribution < 1.29 is 18.3 Å². The summed E-state index contributed by atoms with van der Waals surface area (Å²) < 4.78 is 28.5. The maximum atomic E-state index is 11.5. The van der Waals surface area contributed by atoms with Gasteiger partial charge in [-0.05, 0) is 36.8 Å². The van der Waals surface area contributed by atoms with E-state index in [9.17, 15) is 8.42 Å². The molecule has 0 aliphatic carbocycles. The van der Waals surface area contributed by atoms with Gasteiger partial charge in [0.1, 0.15) is 5.75 Å². The molecular weight excluding hydrogens is 278 g/mol. The molecule has 0 atom stereocenters. The molecule has 0 unspecified atom stereocenters. The fourth-order valence-corrected chi connectivity index (χ4v) is 2.34. The summed E-state index contributed by atoms with van der Waals surface area (Å²) in [6.45, 7) is 1.69. The van der Waals surface area contributed by atoms with Crippen LogP contribution in [-0.4, -0.2) is 24.8 Å². The van der Waals surface area contributed by atoms with Gasteiger partial charge in [0.25, 0.3) is 0 Å². The summed E-state index contributed by atoms with van der Waals surface area (Å²) in [5.74, 6) is 0.752. The van der Waals surface area contributed by atoms with E-state index in [0.29, 0.717) is 17.3 Å². The highest BCUT2D eigenvalue weighted by Gasteiger charge is 2.09. The van der Waals surface area contributed by atoms with Gasteiger partial charge in [0, 0.05) is 18.0 Å². The second kappa shape index (κ2) is 5.60. The van der Waals surface area contributed by atoms with E-state index >= 15 is 0 Å². The highest BCUT2D eigenvalue weighted by atomic mass is 32.2. The molecule has 106 valence electrons. The Balaban J connectivity index is 2.29. The van der Waals surface area contributed by atoms with Crippen LogP contribution in [0.1, 0.15) is 11.3 Å². The zero-order valence-corrected chi connectivity index (χ0v) is 12.0. The van der Waals surface area contributed by atoms with E-state index < -0.39 is 9.84 Å². The van der Waals surface area contributed by atoms with Crippen molar-refractivity contribution in [3.05, 3.63) is 47.7 Å². The zero-order chi connectivity index (χ0) is 14.8. The first-order valence-electron chi connectivity index (χ1n) is 5.95. The number of pyridine rings is 1. The van der Waals surface area contributed by atoms with Gasteiger partial charge in [-0.1, -0.05) is 6.07 Å². The number of aliphatic hydroxyl groups is 1. The molecule has 5 nitrogen and oxygen atoms in total. The van der Waals surface area contributed by atoms with Gasteiger partial charge < -0.3 is 9.84 Å². The van der Waals surface area contributed by atoms with Gasteiger partial charge in [0.15, 0.2) is 9.84 Å². The Bertz CT molecular complexity index is 726. The quantitative estimate of drug-likeness (QED) is 0.934. The molecule has 0 fully saturated rings. The summed E-state index contributed by atoms with van der Waals surface area (Å²) in [5.41, 5.74) is 1.39. The Morgan fingerprint density at radius 3 is 2.60 bits per heavy atom. The third kappa shape index (κ3) is 3.34. The number of hydrogen-bond acceptors (Lipinski definition) is 5. The minimum atomic E-state index is -3.27. The number of benzene rings is 1. The first-order valence-corrected chi connectivity index (χ1v) is 7.84. The fraction of sp³-hybridized carbons (Fsp3) is 0.214. The Kier molecular flexibility index (Phi) is 4.06. The lowest BCUT2D eigenvalue weighted by molar-refractivity contribution is 0.280. The standard InChI is InChI=1S/C14H15NO4S/c1-10-11(9-16)6-7-14(15-10)19-12-4-3-5-13(8-12)20(2,17)18/h3-8,16H,9H2,1-2H3. The van der Waals surface area contributed by atoms with E-state index in [1.165, 1.54) is 12.1 Å². The van der Waals surface area contributed by atoms with E-state index in [1.807, 2.05) is 0 Å². The van der Waals surface area contributed by atoms with E-state index in [4.69, 9.17) is 9.84 Å². The van der Waals surface area contributed by atoms with Crippen LogP contribution in [0.3, 0.4) is 0 Å². The smallest absolute Gasteiger partial charge is 0.219 e. The second-order valence-electron chi connectivity index (χ2n) is 4.40. The fourth-order valence-electron chi connectivity index (χ4n) is 1.68. The summed E-state index contributed by atoms with van der Waals surface area (Å²) in [5, 5.41) is 9.08. The van der Waals surface area contributed by atoms with Crippen LogP contribution in [0.5, 0.6) is 11.6 Å². The molecule has 0 aliphatic rings. The van der Waals surface area contributed by atoms with Gasteiger partial charge >= 0.3 is 0 Å². The van der Waals surface area contributed by atoms with E-state index in [0.717, 1.165) is 11.8 Å². The van der Waals surface area contributed by atoms with Gasteiger partial charge in [0.05, 0.1) is 11.5 Å². The van der Waals surface area contributed by atoms with Crippen molar-refractivity contribution in [3.8, 4) is 11.6 Å². The molecule has 6 heteroatoms. The second-order valence-corrected chi connectivity index (χ2v) is 6.42. The number of aliphatic hydroxyl groups excluding tert-OH is 1. The molecular formula is C14H15NO4S. The number of rotatable bonds is 4. The normalized spacial score (nSPS) is 11.3. The van der Waals surface area contributed by atoms with Crippen molar-refractivity contribution >= 4 is 9.84 Å². The average molecular weight is 293 g/mol. The van der Waals surface area contributed by atoms with Crippen molar-refractivity contribution in [2.24, 2.45) is 0 Å². The first kappa shape index (κ1) is 14.5. The highest BCUT2D eigenvalue weighted by Crippen LogP contribution is 2.23. The van der Waals surface area contributed by atoms with Crippen LogP contribution in [0.4, 0.5) is 0 Å². The SMILES string of the molecule is Cc1nc(Oc2cccc(S(C)(=O)=O)c2)ccc1CO. The first-order chi connectivity index (χ1) is 9.40. The molecule has 1 N–H and O–H groups in total. The lowest BCUT2D eigenvalue weighted by Gasteiger charge is -2.08. The average Bonchev–Trinajstić information content (AvgIpc) is 2.38. The largest absolute Gasteiger partial charge is 0.439 e. The monoisotopic (exact) mass is 293 g/mol. The van der Waals surface area contributed by atoms with Crippen LogP contribution in [0.15, 0.2) is 41.3 Å². The number of aryl methyl sites for hydroxylation is 1. The summed E-state index contributed by atoms with van der Waals surface area (Å²) in [4.78, 5) is 4.39. The van der Waals surface area contributed by atoms with E-state index in [1.54, 1.807) is 31.2 Å². The Labute approximate surface area is 117 Å². The topological polar surface area (TPSA) is 76.5 Å². The van der Waals surface area contributed by atoms with Gasteiger partial charge in [-0.15, -0.1) is 0 Å².